The van der Waals surface area contributed by atoms with Crippen LogP contribution in [0.1, 0.15) is 18.7 Å². The standard InChI is InChI=1S/C11H13F2N2O7P.C11H15FN3O6P.C11H14FN2O7P.3Y/c1-23(19)21-4-10-3-20-11(13,7(10)17)8(22-10)15-2-5(12)6(16)14-9(15)18;1-22(18)20-5-10-4-19-11(12,7(10)16)8(21-10)15-3-2-6(13)14-9(15)17;1-22(18)20-5-10-4-19-11(12,7(10)16)8(21-10)14-3-2-6(15)13-9(14)17;;;/h2,7-8,17,23H,3-4H2,1H3,(H,14,16,18);2-3,7-8,16,22H,4-5H2,1H3,(H2,13,14,17);2-3,7-8,16,22H,4-5H2,1H3,(H,13,15,17);;;/t3*7-,8-,10-,11-;;;/m111.../s1. The van der Waals surface area contributed by atoms with Gasteiger partial charge in [0.15, 0.2) is 42.4 Å². The number of nitrogens with zero attached hydrogens (tertiary/aromatic N) is 4. The summed E-state index contributed by atoms with van der Waals surface area (Å²) in [7, 11) is -7.02. The predicted molar refractivity (Wildman–Crippen MR) is 214 cm³/mol. The van der Waals surface area contributed by atoms with Gasteiger partial charge in [-0.15, -0.1) is 0 Å². The van der Waals surface area contributed by atoms with E-state index in [0.29, 0.717) is 10.8 Å². The molecule has 3 aromatic rings. The molecule has 381 valence electrons. The summed E-state index contributed by atoms with van der Waals surface area (Å²) in [6.45, 7) is 1.88. The van der Waals surface area contributed by atoms with Gasteiger partial charge < -0.3 is 63.0 Å². The molecule has 0 saturated carbocycles. The fourth-order valence-electron chi connectivity index (χ4n) is 7.80. The van der Waals surface area contributed by atoms with Gasteiger partial charge in [0.25, 0.3) is 28.7 Å². The molecule has 9 heterocycles. The molecule has 0 aliphatic carbocycles. The maximum Gasteiger partial charge on any atom is 0.351 e. The molecule has 6 aliphatic heterocycles. The molecule has 0 spiro atoms. The number of nitrogens with one attached hydrogen (secondary N) is 2. The van der Waals surface area contributed by atoms with E-state index in [1.807, 2.05) is 4.98 Å². The largest absolute Gasteiger partial charge is 0.384 e. The van der Waals surface area contributed by atoms with Gasteiger partial charge in [-0.2, -0.15) is 9.37 Å². The number of alkyl halides is 3. The molecule has 6 aliphatic rings. The van der Waals surface area contributed by atoms with Gasteiger partial charge in [-0.3, -0.25) is 47.0 Å². The number of aromatic amines is 2. The number of nitrogen functional groups attached to an aromatic ring is 1. The Morgan fingerprint density at radius 3 is 1.43 bits per heavy atom. The summed E-state index contributed by atoms with van der Waals surface area (Å²) in [5, 5.41) is 30.4. The number of hydrogen-bond donors (Lipinski definition) is 6. The van der Waals surface area contributed by atoms with Gasteiger partial charge in [0, 0.05) is 137 Å². The van der Waals surface area contributed by atoms with E-state index in [2.05, 4.69) is 4.98 Å². The van der Waals surface area contributed by atoms with Gasteiger partial charge in [-0.05, 0) is 6.07 Å². The van der Waals surface area contributed by atoms with E-state index in [-0.39, 0.29) is 130 Å². The molecule has 6 saturated heterocycles. The summed E-state index contributed by atoms with van der Waals surface area (Å²) in [6, 6.07) is 2.31. The summed E-state index contributed by atoms with van der Waals surface area (Å²) in [4.78, 5) is 64.6. The quantitative estimate of drug-likeness (QED) is 0.0798. The minimum absolute atomic E-state index is 0. The van der Waals surface area contributed by atoms with Gasteiger partial charge in [-0.1, -0.05) is 0 Å². The Bertz CT molecular complexity index is 2810. The fourth-order valence-corrected chi connectivity index (χ4v) is 9.14. The molecule has 3 aromatic heterocycles. The number of rotatable bonds is 12. The van der Waals surface area contributed by atoms with Crippen LogP contribution >= 0.6 is 24.1 Å². The monoisotopic (exact) mass is 1290 g/mol. The number of halogens is 4. The van der Waals surface area contributed by atoms with Crippen molar-refractivity contribution < 1.29 is 187 Å². The summed E-state index contributed by atoms with van der Waals surface area (Å²) in [6.07, 6.45) is -7.56. The minimum Gasteiger partial charge on any atom is -0.384 e. The molecule has 7 N–H and O–H groups in total. The van der Waals surface area contributed by atoms with Crippen molar-refractivity contribution in [2.24, 2.45) is 0 Å². The molecule has 6 fully saturated rings. The molecular weight excluding hydrogens is 1250 g/mol. The van der Waals surface area contributed by atoms with Crippen molar-refractivity contribution in [1.82, 2.24) is 28.7 Å². The number of hydrogen-bond acceptors (Lipinski definition) is 22. The molecule has 3 unspecified atom stereocenters. The predicted octanol–water partition coefficient (Wildman–Crippen LogP) is -2.63. The number of fused-ring (bicyclic) bond motifs is 6. The molecule has 0 aromatic carbocycles. The van der Waals surface area contributed by atoms with Crippen LogP contribution in [0.2, 0.25) is 0 Å². The van der Waals surface area contributed by atoms with Crippen LogP contribution in [-0.2, 0) is 154 Å². The van der Waals surface area contributed by atoms with Crippen LogP contribution < -0.4 is 33.9 Å². The maximum absolute atomic E-state index is 14.9. The van der Waals surface area contributed by atoms with Crippen molar-refractivity contribution in [1.29, 1.82) is 0 Å². The van der Waals surface area contributed by atoms with Gasteiger partial charge in [0.1, 0.15) is 22.6 Å². The Morgan fingerprint density at radius 1 is 0.671 bits per heavy atom. The van der Waals surface area contributed by atoms with Crippen molar-refractivity contribution in [3.8, 4) is 0 Å². The van der Waals surface area contributed by atoms with Crippen molar-refractivity contribution >= 4 is 29.9 Å². The molecule has 6 bridgehead atoms. The molecule has 3 radical (unpaired) electrons. The third-order valence-corrected chi connectivity index (χ3v) is 12.9. The Morgan fingerprint density at radius 2 is 1.04 bits per heavy atom. The molecule has 37 heteroatoms. The van der Waals surface area contributed by atoms with Crippen LogP contribution in [0.15, 0.2) is 54.7 Å². The summed E-state index contributed by atoms with van der Waals surface area (Å²) < 4.78 is 140. The van der Waals surface area contributed by atoms with E-state index in [1.54, 1.807) is 4.98 Å². The second kappa shape index (κ2) is 23.3. The van der Waals surface area contributed by atoms with E-state index in [1.165, 1.54) is 32.3 Å². The fraction of sp³-hybridized carbons (Fsp3) is 0.636. The van der Waals surface area contributed by atoms with E-state index < -0.39 is 143 Å². The number of aliphatic hydroxyl groups is 3. The SMILES string of the molecule is C[PH](=O)OC[C@]12CO[C@](F)([C@@H]1O)[C@H](n1cc(F)c(=O)[nH]c1=O)O2.C[PH](=O)OC[C@]12CO[C@](F)([C@@H]1O)[C@H](n1ccc(=O)[nH]c1=O)O2.C[PH](=O)OC[C@]12CO[C@](F)([C@@H]1O)[C@H](n1ccc(N)nc1=O)O2.[Y].[Y].[Y]. The number of aliphatic hydroxyl groups excluding tert-OH is 3. The third kappa shape index (κ3) is 11.4. The Labute approximate surface area is 466 Å². The Hall–Kier alpha value is -0.718. The second-order valence-corrected chi connectivity index (χ2v) is 19.6. The number of ether oxygens (including phenoxy) is 6. The number of nitrogens with two attached hydrogens (primary N) is 1. The number of aromatic nitrogens is 6. The van der Waals surface area contributed by atoms with Gasteiger partial charge in [0.2, 0.25) is 24.5 Å². The van der Waals surface area contributed by atoms with Gasteiger partial charge >= 0.3 is 17.1 Å². The zero-order chi connectivity index (χ0) is 49.2. The molecule has 27 nitrogen and oxygen atoms in total. The van der Waals surface area contributed by atoms with Gasteiger partial charge in [0.05, 0.1) is 45.8 Å². The first-order valence-corrected chi connectivity index (χ1v) is 24.8. The number of anilines is 1. The summed E-state index contributed by atoms with van der Waals surface area (Å²) in [5.41, 5.74) is -4.22. The van der Waals surface area contributed by atoms with Crippen molar-refractivity contribution in [3.05, 3.63) is 88.7 Å². The first-order chi connectivity index (χ1) is 31.3. The zero-order valence-corrected chi connectivity index (χ0v) is 48.0. The topological polar surface area (TPSA) is 366 Å². The molecule has 0 amide bonds. The average Bonchev–Trinajstić information content (AvgIpc) is 3.96. The first kappa shape index (κ1) is 61.8. The van der Waals surface area contributed by atoms with Crippen LogP contribution in [0.3, 0.4) is 0 Å². The molecule has 15 atom stereocenters. The number of H-pyrrole nitrogens is 2. The maximum atomic E-state index is 14.9. The summed E-state index contributed by atoms with van der Waals surface area (Å²) in [5.74, 6) is -9.51. The minimum atomic E-state index is -2.85. The van der Waals surface area contributed by atoms with Crippen molar-refractivity contribution in [2.75, 3.05) is 65.4 Å². The molecular formula is C33H42F4N7O20P3Y3. The van der Waals surface area contributed by atoms with Crippen LogP contribution in [0.25, 0.3) is 0 Å². The summed E-state index contributed by atoms with van der Waals surface area (Å²) >= 11 is 0. The van der Waals surface area contributed by atoms with Gasteiger partial charge in [-0.25, -0.2) is 27.6 Å². The van der Waals surface area contributed by atoms with Crippen molar-refractivity contribution in [3.63, 3.8) is 0 Å². The van der Waals surface area contributed by atoms with E-state index >= 15 is 0 Å². The van der Waals surface area contributed by atoms with Crippen LogP contribution in [-0.4, -0.2) is 156 Å². The first-order valence-electron chi connectivity index (χ1n) is 19.4. The third-order valence-electron chi connectivity index (χ3n) is 11.2. The van der Waals surface area contributed by atoms with E-state index in [9.17, 15) is 70.5 Å². The van der Waals surface area contributed by atoms with Crippen LogP contribution in [0.5, 0.6) is 0 Å². The molecule has 70 heavy (non-hydrogen) atoms. The van der Waals surface area contributed by atoms with Crippen molar-refractivity contribution in [2.45, 2.75) is 71.4 Å². The average molecular weight is 1290 g/mol. The second-order valence-electron chi connectivity index (χ2n) is 15.8. The Balaban J connectivity index is 0.000000224. The van der Waals surface area contributed by atoms with Crippen LogP contribution in [0.4, 0.5) is 23.4 Å². The van der Waals surface area contributed by atoms with E-state index in [0.717, 1.165) is 21.4 Å². The smallest absolute Gasteiger partial charge is 0.351 e. The normalized spacial score (nSPS) is 36.3. The zero-order valence-electron chi connectivity index (χ0n) is 36.5. The van der Waals surface area contributed by atoms with Crippen LogP contribution in [0, 0.1) is 5.82 Å². The molecule has 9 rings (SSSR count). The van der Waals surface area contributed by atoms with E-state index in [4.69, 9.17) is 47.7 Å². The Kier molecular flexibility index (Phi) is 20.5.